The van der Waals surface area contributed by atoms with Crippen molar-refractivity contribution in [2.75, 3.05) is 25.7 Å². The summed E-state index contributed by atoms with van der Waals surface area (Å²) in [7, 11) is 2.86. The summed E-state index contributed by atoms with van der Waals surface area (Å²) >= 11 is 1.14. The lowest BCUT2D eigenvalue weighted by Crippen LogP contribution is -2.40. The highest BCUT2D eigenvalue weighted by atomic mass is 32.1. The van der Waals surface area contributed by atoms with E-state index in [-0.39, 0.29) is 16.0 Å². The molecule has 0 N–H and O–H groups in total. The zero-order valence-electron chi connectivity index (χ0n) is 20.0. The number of methoxy groups -OCH3 is 2. The molecule has 1 unspecified atom stereocenters. The lowest BCUT2D eigenvalue weighted by Gasteiger charge is -2.24. The van der Waals surface area contributed by atoms with E-state index in [0.717, 1.165) is 17.0 Å². The number of para-hydroxylation sites is 1. The lowest BCUT2D eigenvalue weighted by atomic mass is 9.96. The summed E-state index contributed by atoms with van der Waals surface area (Å²) in [6, 6.07) is 13.7. The van der Waals surface area contributed by atoms with Gasteiger partial charge in [0.25, 0.3) is 11.5 Å². The van der Waals surface area contributed by atoms with Crippen molar-refractivity contribution in [2.24, 2.45) is 4.99 Å². The summed E-state index contributed by atoms with van der Waals surface area (Å²) in [5.41, 5.74) is 2.73. The number of allylic oxidation sites excluding steroid dienone is 1. The maximum Gasteiger partial charge on any atom is 0.338 e. The molecule has 0 radical (unpaired) electrons. The van der Waals surface area contributed by atoms with Crippen molar-refractivity contribution in [2.45, 2.75) is 13.0 Å². The van der Waals surface area contributed by atoms with Gasteiger partial charge in [0.1, 0.15) is 10.3 Å². The summed E-state index contributed by atoms with van der Waals surface area (Å²) < 4.78 is 12.1. The summed E-state index contributed by atoms with van der Waals surface area (Å²) in [5, 5.41) is 0. The van der Waals surface area contributed by atoms with Crippen LogP contribution in [0.2, 0.25) is 0 Å². The molecule has 0 fully saturated rings. The molecule has 36 heavy (non-hydrogen) atoms. The van der Waals surface area contributed by atoms with Crippen LogP contribution in [0.1, 0.15) is 24.1 Å². The molecule has 2 aliphatic heterocycles. The average Bonchev–Trinajstić information content (AvgIpc) is 3.35. The summed E-state index contributed by atoms with van der Waals surface area (Å²) in [6.07, 6.45) is 1.65. The Morgan fingerprint density at radius 1 is 1.14 bits per heavy atom. The van der Waals surface area contributed by atoms with Crippen LogP contribution in [-0.2, 0) is 14.3 Å². The molecule has 1 aromatic heterocycles. The van der Waals surface area contributed by atoms with E-state index in [4.69, 9.17) is 9.47 Å². The number of anilines is 1. The zero-order chi connectivity index (χ0) is 25.6. The van der Waals surface area contributed by atoms with Gasteiger partial charge in [-0.25, -0.2) is 9.79 Å². The SMILES string of the molecule is C=CCN1C(=O)/C(=c2\sc3n(c2=O)C(c2ccc(OC)cc2)C(C(=O)OC)=C(C)N=3)c2ccccc21. The van der Waals surface area contributed by atoms with E-state index in [1.54, 1.807) is 49.3 Å². The van der Waals surface area contributed by atoms with Gasteiger partial charge in [-0.3, -0.25) is 14.2 Å². The smallest absolute Gasteiger partial charge is 0.338 e. The summed E-state index contributed by atoms with van der Waals surface area (Å²) in [5.74, 6) is -0.204. The fourth-order valence-electron chi connectivity index (χ4n) is 4.65. The van der Waals surface area contributed by atoms with E-state index >= 15 is 0 Å². The van der Waals surface area contributed by atoms with Gasteiger partial charge in [-0.2, -0.15) is 0 Å². The summed E-state index contributed by atoms with van der Waals surface area (Å²) in [6.45, 7) is 5.79. The molecule has 8 nitrogen and oxygen atoms in total. The number of amides is 1. The lowest BCUT2D eigenvalue weighted by molar-refractivity contribution is -0.136. The maximum absolute atomic E-state index is 14.0. The molecule has 3 aromatic rings. The van der Waals surface area contributed by atoms with Gasteiger partial charge in [0.05, 0.1) is 42.8 Å². The number of thiazole rings is 1. The zero-order valence-corrected chi connectivity index (χ0v) is 20.8. The van der Waals surface area contributed by atoms with Gasteiger partial charge < -0.3 is 14.4 Å². The standard InChI is InChI=1S/C27H23N3O5S/c1-5-14-29-19-9-7-6-8-18(19)21(24(29)31)23-25(32)30-22(16-10-12-17(34-3)13-11-16)20(26(33)35-4)15(2)28-27(30)36-23/h5-13,22H,1,14H2,2-4H3/b23-21-. The fourth-order valence-corrected chi connectivity index (χ4v) is 5.79. The third kappa shape index (κ3) is 3.51. The average molecular weight is 502 g/mol. The quantitative estimate of drug-likeness (QED) is 0.395. The van der Waals surface area contributed by atoms with Crippen LogP contribution in [0.4, 0.5) is 5.69 Å². The Hall–Kier alpha value is -4.24. The summed E-state index contributed by atoms with van der Waals surface area (Å²) in [4.78, 5) is 46.9. The number of rotatable bonds is 5. The Balaban J connectivity index is 1.81. The maximum atomic E-state index is 14.0. The van der Waals surface area contributed by atoms with Gasteiger partial charge in [-0.1, -0.05) is 47.7 Å². The Bertz CT molecular complexity index is 1630. The minimum Gasteiger partial charge on any atom is -0.497 e. The number of carbonyl (C=O) groups is 2. The van der Waals surface area contributed by atoms with E-state index in [0.29, 0.717) is 39.5 Å². The molecular formula is C27H23N3O5S. The van der Waals surface area contributed by atoms with E-state index < -0.39 is 17.6 Å². The Labute approximate surface area is 210 Å². The number of hydrogen-bond donors (Lipinski definition) is 0. The van der Waals surface area contributed by atoms with Crippen LogP contribution in [-0.4, -0.2) is 37.2 Å². The largest absolute Gasteiger partial charge is 0.497 e. The number of nitrogens with zero attached hydrogens (tertiary/aromatic N) is 3. The normalized spacial score (nSPS) is 17.9. The van der Waals surface area contributed by atoms with E-state index in [1.807, 2.05) is 24.3 Å². The predicted octanol–water partition coefficient (Wildman–Crippen LogP) is 2.32. The van der Waals surface area contributed by atoms with Crippen molar-refractivity contribution >= 4 is 34.5 Å². The molecule has 3 heterocycles. The van der Waals surface area contributed by atoms with Gasteiger partial charge in [0.15, 0.2) is 4.80 Å². The molecule has 0 saturated carbocycles. The van der Waals surface area contributed by atoms with Crippen molar-refractivity contribution in [3.63, 3.8) is 0 Å². The minimum absolute atomic E-state index is 0.262. The number of ether oxygens (including phenoxy) is 2. The number of esters is 1. The van der Waals surface area contributed by atoms with Crippen LogP contribution in [0.15, 0.2) is 82.2 Å². The van der Waals surface area contributed by atoms with Crippen molar-refractivity contribution in [1.29, 1.82) is 0 Å². The highest BCUT2D eigenvalue weighted by molar-refractivity contribution is 7.07. The highest BCUT2D eigenvalue weighted by Gasteiger charge is 2.36. The molecule has 0 saturated heterocycles. The van der Waals surface area contributed by atoms with Crippen molar-refractivity contribution in [3.8, 4) is 5.75 Å². The van der Waals surface area contributed by atoms with Crippen LogP contribution in [0.3, 0.4) is 0 Å². The van der Waals surface area contributed by atoms with Crippen molar-refractivity contribution in [3.05, 3.63) is 103 Å². The first kappa shape index (κ1) is 23.5. The van der Waals surface area contributed by atoms with Gasteiger partial charge in [0, 0.05) is 12.1 Å². The van der Waals surface area contributed by atoms with Gasteiger partial charge in [0.2, 0.25) is 0 Å². The highest BCUT2D eigenvalue weighted by Crippen LogP contribution is 2.35. The first-order valence-corrected chi connectivity index (χ1v) is 12.0. The minimum atomic E-state index is -0.773. The molecule has 1 atom stereocenters. The molecular weight excluding hydrogens is 478 g/mol. The number of benzene rings is 2. The first-order valence-electron chi connectivity index (χ1n) is 11.2. The third-order valence-electron chi connectivity index (χ3n) is 6.30. The Kier molecular flexibility index (Phi) is 5.93. The molecule has 5 rings (SSSR count). The molecule has 1 amide bonds. The van der Waals surface area contributed by atoms with Crippen LogP contribution >= 0.6 is 11.3 Å². The number of aromatic nitrogens is 1. The molecule has 9 heteroatoms. The van der Waals surface area contributed by atoms with Crippen molar-refractivity contribution in [1.82, 2.24) is 4.57 Å². The molecule has 182 valence electrons. The number of fused-ring (bicyclic) bond motifs is 2. The van der Waals surface area contributed by atoms with Gasteiger partial charge in [-0.15, -0.1) is 6.58 Å². The monoisotopic (exact) mass is 501 g/mol. The predicted molar refractivity (Wildman–Crippen MR) is 137 cm³/mol. The van der Waals surface area contributed by atoms with Crippen LogP contribution in [0.25, 0.3) is 5.57 Å². The van der Waals surface area contributed by atoms with Crippen LogP contribution in [0.5, 0.6) is 5.75 Å². The van der Waals surface area contributed by atoms with E-state index in [9.17, 15) is 14.4 Å². The topological polar surface area (TPSA) is 90.2 Å². The second kappa shape index (κ2) is 9.09. The number of hydrogen-bond acceptors (Lipinski definition) is 7. The fraction of sp³-hybridized carbons (Fsp3) is 0.185. The van der Waals surface area contributed by atoms with Gasteiger partial charge in [-0.05, 0) is 30.7 Å². The van der Waals surface area contributed by atoms with Crippen molar-refractivity contribution < 1.29 is 19.1 Å². The third-order valence-corrected chi connectivity index (χ3v) is 7.35. The Morgan fingerprint density at radius 2 is 1.86 bits per heavy atom. The van der Waals surface area contributed by atoms with E-state index in [1.165, 1.54) is 11.7 Å². The van der Waals surface area contributed by atoms with Crippen LogP contribution < -0.4 is 24.5 Å². The molecule has 0 aliphatic carbocycles. The first-order chi connectivity index (χ1) is 17.4. The molecule has 2 aliphatic rings. The second-order valence-corrected chi connectivity index (χ2v) is 9.24. The number of carbonyl (C=O) groups excluding carboxylic acids is 2. The molecule has 0 bridgehead atoms. The molecule has 2 aromatic carbocycles. The van der Waals surface area contributed by atoms with E-state index in [2.05, 4.69) is 11.6 Å². The van der Waals surface area contributed by atoms with Crippen LogP contribution in [0, 0.1) is 0 Å². The Morgan fingerprint density at radius 3 is 2.53 bits per heavy atom. The second-order valence-electron chi connectivity index (χ2n) is 8.26. The van der Waals surface area contributed by atoms with Gasteiger partial charge >= 0.3 is 5.97 Å². The molecule has 0 spiro atoms.